The molecule has 9 heteroatoms. The number of anilines is 1. The number of rotatable bonds is 6. The summed E-state index contributed by atoms with van der Waals surface area (Å²) >= 11 is 11.7. The van der Waals surface area contributed by atoms with Gasteiger partial charge in [-0.1, -0.05) is 23.2 Å². The second-order valence-electron chi connectivity index (χ2n) is 5.53. The number of nitrogens with zero attached hydrogens (tertiary/aromatic N) is 1. The van der Waals surface area contributed by atoms with Gasteiger partial charge in [-0.25, -0.2) is 9.78 Å². The van der Waals surface area contributed by atoms with Crippen molar-refractivity contribution in [2.75, 3.05) is 19.5 Å². The average Bonchev–Trinajstić information content (AvgIpc) is 2.63. The van der Waals surface area contributed by atoms with Crippen LogP contribution in [0.4, 0.5) is 5.82 Å². The van der Waals surface area contributed by atoms with Gasteiger partial charge in [-0.2, -0.15) is 0 Å². The first-order valence-corrected chi connectivity index (χ1v) is 8.58. The second-order valence-corrected chi connectivity index (χ2v) is 6.37. The number of benzene rings is 1. The Kier molecular flexibility index (Phi) is 6.87. The summed E-state index contributed by atoms with van der Waals surface area (Å²) in [6, 6.07) is 4.47. The molecule has 1 aromatic heterocycles. The Hall–Kier alpha value is -2.51. The van der Waals surface area contributed by atoms with Crippen molar-refractivity contribution in [1.82, 2.24) is 4.98 Å². The van der Waals surface area contributed by atoms with Crippen LogP contribution in [0.2, 0.25) is 10.0 Å². The summed E-state index contributed by atoms with van der Waals surface area (Å²) in [5.41, 5.74) is 0.933. The number of carbonyl (C=O) groups excluding carboxylic acids is 2. The number of carbonyl (C=O) groups is 2. The van der Waals surface area contributed by atoms with Gasteiger partial charge in [0.2, 0.25) is 0 Å². The van der Waals surface area contributed by atoms with Crippen LogP contribution < -0.4 is 14.8 Å². The Morgan fingerprint density at radius 3 is 2.22 bits per heavy atom. The molecular weight excluding hydrogens is 395 g/mol. The van der Waals surface area contributed by atoms with Gasteiger partial charge in [-0.3, -0.25) is 4.79 Å². The number of hydrogen-bond acceptors (Lipinski definition) is 6. The molecule has 0 bridgehead atoms. The lowest BCUT2D eigenvalue weighted by atomic mass is 10.1. The van der Waals surface area contributed by atoms with E-state index in [9.17, 15) is 9.59 Å². The molecule has 1 N–H and O–H groups in total. The van der Waals surface area contributed by atoms with Crippen molar-refractivity contribution in [3.8, 4) is 11.5 Å². The molecule has 2 aromatic rings. The number of amides is 1. The summed E-state index contributed by atoms with van der Waals surface area (Å²) < 4.78 is 15.7. The molecule has 1 heterocycles. The lowest BCUT2D eigenvalue weighted by molar-refractivity contribution is -0.123. The molecule has 1 unspecified atom stereocenters. The fraction of sp³-hybridized carbons (Fsp3) is 0.278. The highest BCUT2D eigenvalue weighted by atomic mass is 35.5. The number of hydrogen-bond donors (Lipinski definition) is 1. The first-order valence-electron chi connectivity index (χ1n) is 7.82. The van der Waals surface area contributed by atoms with Gasteiger partial charge >= 0.3 is 5.97 Å². The number of esters is 1. The maximum absolute atomic E-state index is 12.4. The monoisotopic (exact) mass is 412 g/mol. The predicted octanol–water partition coefficient (Wildman–Crippen LogP) is 3.90. The SMILES string of the molecule is COc1cc(C(=O)OC(C)C(=O)Nc2ncc(Cl)cc2Cl)cc(OC)c1C. The summed E-state index contributed by atoms with van der Waals surface area (Å²) in [5.74, 6) is -0.241. The average molecular weight is 413 g/mol. The first-order chi connectivity index (χ1) is 12.8. The van der Waals surface area contributed by atoms with E-state index in [-0.39, 0.29) is 16.4 Å². The third kappa shape index (κ3) is 5.02. The molecule has 0 aliphatic rings. The Balaban J connectivity index is 2.11. The minimum atomic E-state index is -1.09. The first kappa shape index (κ1) is 20.8. The fourth-order valence-electron chi connectivity index (χ4n) is 2.21. The van der Waals surface area contributed by atoms with E-state index in [0.29, 0.717) is 16.5 Å². The molecule has 1 atom stereocenters. The summed E-state index contributed by atoms with van der Waals surface area (Å²) in [4.78, 5) is 28.6. The molecule has 1 amide bonds. The van der Waals surface area contributed by atoms with E-state index in [2.05, 4.69) is 10.3 Å². The molecule has 27 heavy (non-hydrogen) atoms. The predicted molar refractivity (Wildman–Crippen MR) is 102 cm³/mol. The van der Waals surface area contributed by atoms with Crippen LogP contribution >= 0.6 is 23.2 Å². The summed E-state index contributed by atoms with van der Waals surface area (Å²) in [7, 11) is 2.96. The minimum absolute atomic E-state index is 0.118. The largest absolute Gasteiger partial charge is 0.496 e. The lowest BCUT2D eigenvalue weighted by Gasteiger charge is -2.15. The Bertz CT molecular complexity index is 848. The van der Waals surface area contributed by atoms with Crippen molar-refractivity contribution in [2.45, 2.75) is 20.0 Å². The molecule has 0 spiro atoms. The number of pyridine rings is 1. The second kappa shape index (κ2) is 8.92. The maximum Gasteiger partial charge on any atom is 0.339 e. The lowest BCUT2D eigenvalue weighted by Crippen LogP contribution is -2.30. The van der Waals surface area contributed by atoms with Crippen molar-refractivity contribution in [1.29, 1.82) is 0 Å². The highest BCUT2D eigenvalue weighted by Gasteiger charge is 2.22. The molecule has 0 fully saturated rings. The van der Waals surface area contributed by atoms with Gasteiger partial charge in [-0.15, -0.1) is 0 Å². The van der Waals surface area contributed by atoms with Gasteiger partial charge in [0, 0.05) is 11.8 Å². The quantitative estimate of drug-likeness (QED) is 0.723. The van der Waals surface area contributed by atoms with E-state index < -0.39 is 18.0 Å². The topological polar surface area (TPSA) is 86.8 Å². The third-order valence-electron chi connectivity index (χ3n) is 3.69. The Morgan fingerprint density at radius 2 is 1.70 bits per heavy atom. The minimum Gasteiger partial charge on any atom is -0.496 e. The Labute approximate surface area is 166 Å². The van der Waals surface area contributed by atoms with Crippen molar-refractivity contribution >= 4 is 40.9 Å². The summed E-state index contributed by atoms with van der Waals surface area (Å²) in [5, 5.41) is 2.98. The summed E-state index contributed by atoms with van der Waals surface area (Å²) in [6.45, 7) is 3.23. The van der Waals surface area contributed by atoms with Crippen LogP contribution in [0.5, 0.6) is 11.5 Å². The molecule has 144 valence electrons. The van der Waals surface area contributed by atoms with Crippen LogP contribution in [0, 0.1) is 6.92 Å². The third-order valence-corrected chi connectivity index (χ3v) is 4.19. The fourth-order valence-corrected chi connectivity index (χ4v) is 2.64. The van der Waals surface area contributed by atoms with E-state index in [1.54, 1.807) is 6.92 Å². The van der Waals surface area contributed by atoms with Crippen LogP contribution in [0.1, 0.15) is 22.8 Å². The zero-order chi connectivity index (χ0) is 20.1. The van der Waals surface area contributed by atoms with Gasteiger partial charge in [0.1, 0.15) is 11.5 Å². The normalized spacial score (nSPS) is 11.5. The molecule has 0 saturated heterocycles. The molecule has 0 saturated carbocycles. The number of methoxy groups -OCH3 is 2. The smallest absolute Gasteiger partial charge is 0.339 e. The van der Waals surface area contributed by atoms with Crippen molar-refractivity contribution in [3.05, 3.63) is 45.6 Å². The number of halogens is 2. The zero-order valence-corrected chi connectivity index (χ0v) is 16.6. The van der Waals surface area contributed by atoms with E-state index in [0.717, 1.165) is 5.56 Å². The van der Waals surface area contributed by atoms with Gasteiger partial charge in [0.05, 0.1) is 29.8 Å². The van der Waals surface area contributed by atoms with E-state index >= 15 is 0 Å². The van der Waals surface area contributed by atoms with Gasteiger partial charge < -0.3 is 19.5 Å². The summed E-state index contributed by atoms with van der Waals surface area (Å²) in [6.07, 6.45) is 0.245. The van der Waals surface area contributed by atoms with Crippen LogP contribution in [0.15, 0.2) is 24.4 Å². The molecular formula is C18H18Cl2N2O5. The van der Waals surface area contributed by atoms with Crippen LogP contribution in [-0.4, -0.2) is 37.2 Å². The van der Waals surface area contributed by atoms with Crippen molar-refractivity contribution in [3.63, 3.8) is 0 Å². The van der Waals surface area contributed by atoms with Crippen LogP contribution in [-0.2, 0) is 9.53 Å². The highest BCUT2D eigenvalue weighted by molar-refractivity contribution is 6.36. The van der Waals surface area contributed by atoms with Gasteiger partial charge in [-0.05, 0) is 32.0 Å². The van der Waals surface area contributed by atoms with Crippen molar-refractivity contribution in [2.24, 2.45) is 0 Å². The zero-order valence-electron chi connectivity index (χ0n) is 15.1. The molecule has 1 aromatic carbocycles. The highest BCUT2D eigenvalue weighted by Crippen LogP contribution is 2.30. The molecule has 2 rings (SSSR count). The van der Waals surface area contributed by atoms with E-state index in [1.807, 2.05) is 0 Å². The van der Waals surface area contributed by atoms with Gasteiger partial charge in [0.15, 0.2) is 11.9 Å². The standard InChI is InChI=1S/C18H18Cl2N2O5/c1-9-14(25-3)5-11(6-15(9)26-4)18(24)27-10(2)17(23)22-16-13(20)7-12(19)8-21-16/h5-8,10H,1-4H3,(H,21,22,23). The van der Waals surface area contributed by atoms with Gasteiger partial charge in [0.25, 0.3) is 5.91 Å². The van der Waals surface area contributed by atoms with E-state index in [4.69, 9.17) is 37.4 Å². The molecule has 0 radical (unpaired) electrons. The Morgan fingerprint density at radius 1 is 1.11 bits per heavy atom. The molecule has 7 nitrogen and oxygen atoms in total. The molecule has 0 aliphatic heterocycles. The van der Waals surface area contributed by atoms with Crippen LogP contribution in [0.25, 0.3) is 0 Å². The van der Waals surface area contributed by atoms with E-state index in [1.165, 1.54) is 45.5 Å². The van der Waals surface area contributed by atoms with Crippen LogP contribution in [0.3, 0.4) is 0 Å². The maximum atomic E-state index is 12.4. The number of nitrogens with one attached hydrogen (secondary N) is 1. The number of ether oxygens (including phenoxy) is 3. The number of aromatic nitrogens is 1. The van der Waals surface area contributed by atoms with Crippen molar-refractivity contribution < 1.29 is 23.8 Å². The molecule has 0 aliphatic carbocycles.